The summed E-state index contributed by atoms with van der Waals surface area (Å²) in [5.74, 6) is 0. The molecule has 0 amide bonds. The molecular formula is C16H27N3S. The van der Waals surface area contributed by atoms with Gasteiger partial charge in [0.1, 0.15) is 0 Å². The topological polar surface area (TPSA) is 32.5 Å². The van der Waals surface area contributed by atoms with E-state index in [1.165, 1.54) is 16.9 Å². The first-order chi connectivity index (χ1) is 9.69. The van der Waals surface area contributed by atoms with Crippen LogP contribution in [0.1, 0.15) is 24.9 Å². The second-order valence-electron chi connectivity index (χ2n) is 5.56. The summed E-state index contributed by atoms with van der Waals surface area (Å²) in [7, 11) is 2.23. The van der Waals surface area contributed by atoms with Crippen LogP contribution in [0.4, 0.5) is 0 Å². The third-order valence-electron chi connectivity index (χ3n) is 4.44. The van der Waals surface area contributed by atoms with Gasteiger partial charge in [0, 0.05) is 43.2 Å². The lowest BCUT2D eigenvalue weighted by atomic mass is 10.0. The molecule has 2 unspecified atom stereocenters. The molecule has 0 bridgehead atoms. The summed E-state index contributed by atoms with van der Waals surface area (Å²) in [4.78, 5) is 6.35. The second-order valence-corrected chi connectivity index (χ2v) is 6.44. The molecule has 3 nitrogen and oxygen atoms in total. The smallest absolute Gasteiger partial charge is 0.0471 e. The number of benzene rings is 1. The zero-order valence-electron chi connectivity index (χ0n) is 12.9. The summed E-state index contributed by atoms with van der Waals surface area (Å²) in [5, 5.41) is 0. The Balaban J connectivity index is 2.10. The molecule has 1 aliphatic rings. The van der Waals surface area contributed by atoms with E-state index in [1.807, 2.05) is 0 Å². The number of hydrogen-bond acceptors (Lipinski definition) is 4. The highest BCUT2D eigenvalue weighted by atomic mass is 32.2. The van der Waals surface area contributed by atoms with Crippen molar-refractivity contribution in [2.45, 2.75) is 30.3 Å². The van der Waals surface area contributed by atoms with Crippen LogP contribution in [0.15, 0.2) is 29.2 Å². The van der Waals surface area contributed by atoms with E-state index in [9.17, 15) is 0 Å². The lowest BCUT2D eigenvalue weighted by molar-refractivity contribution is 0.0644. The van der Waals surface area contributed by atoms with Crippen LogP contribution < -0.4 is 5.73 Å². The minimum absolute atomic E-state index is 0.355. The van der Waals surface area contributed by atoms with E-state index in [4.69, 9.17) is 5.73 Å². The molecule has 1 saturated heterocycles. The summed E-state index contributed by atoms with van der Waals surface area (Å²) in [6.07, 6.45) is 3.32. The summed E-state index contributed by atoms with van der Waals surface area (Å²) in [5.41, 5.74) is 7.42. The molecule has 0 radical (unpaired) electrons. The van der Waals surface area contributed by atoms with Gasteiger partial charge in [-0.25, -0.2) is 0 Å². The molecule has 1 aromatic rings. The zero-order valence-corrected chi connectivity index (χ0v) is 13.7. The Bertz CT molecular complexity index is 407. The monoisotopic (exact) mass is 293 g/mol. The van der Waals surface area contributed by atoms with E-state index in [1.54, 1.807) is 11.8 Å². The van der Waals surface area contributed by atoms with Crippen LogP contribution in [-0.2, 0) is 0 Å². The first-order valence-corrected chi connectivity index (χ1v) is 8.70. The van der Waals surface area contributed by atoms with Crippen LogP contribution in [0.3, 0.4) is 0 Å². The summed E-state index contributed by atoms with van der Waals surface area (Å²) in [6, 6.07) is 9.90. The minimum atomic E-state index is 0.355. The molecule has 1 aliphatic heterocycles. The van der Waals surface area contributed by atoms with E-state index >= 15 is 0 Å². The SMILES string of the molecule is CCC1CN(C(CN)c2ccc(SC)cc2)CCN1C. The molecule has 0 spiro atoms. The first-order valence-electron chi connectivity index (χ1n) is 7.47. The van der Waals surface area contributed by atoms with Gasteiger partial charge >= 0.3 is 0 Å². The number of hydrogen-bond donors (Lipinski definition) is 1. The quantitative estimate of drug-likeness (QED) is 0.845. The Hall–Kier alpha value is -0.550. The van der Waals surface area contributed by atoms with Crippen molar-refractivity contribution in [1.29, 1.82) is 0 Å². The van der Waals surface area contributed by atoms with Gasteiger partial charge in [-0.3, -0.25) is 4.90 Å². The van der Waals surface area contributed by atoms with Crippen molar-refractivity contribution < 1.29 is 0 Å². The standard InChI is InChI=1S/C16H27N3S/c1-4-14-12-19(10-9-18(14)2)16(11-17)13-5-7-15(20-3)8-6-13/h5-8,14,16H,4,9-12,17H2,1-3H3. The second kappa shape index (κ2) is 7.46. The van der Waals surface area contributed by atoms with Crippen LogP contribution >= 0.6 is 11.8 Å². The van der Waals surface area contributed by atoms with Gasteiger partial charge in [0.25, 0.3) is 0 Å². The minimum Gasteiger partial charge on any atom is -0.329 e. The molecule has 112 valence electrons. The Morgan fingerprint density at radius 3 is 2.55 bits per heavy atom. The number of likely N-dealkylation sites (N-methyl/N-ethyl adjacent to an activating group) is 1. The van der Waals surface area contributed by atoms with Crippen LogP contribution in [0, 0.1) is 0 Å². The van der Waals surface area contributed by atoms with Crippen molar-refractivity contribution in [1.82, 2.24) is 9.80 Å². The number of nitrogens with two attached hydrogens (primary N) is 1. The van der Waals surface area contributed by atoms with Crippen molar-refractivity contribution in [3.05, 3.63) is 29.8 Å². The molecule has 20 heavy (non-hydrogen) atoms. The Labute approximate surface area is 127 Å². The predicted molar refractivity (Wildman–Crippen MR) is 88.3 cm³/mol. The van der Waals surface area contributed by atoms with Gasteiger partial charge in [0.05, 0.1) is 0 Å². The highest BCUT2D eigenvalue weighted by molar-refractivity contribution is 7.98. The van der Waals surface area contributed by atoms with Crippen molar-refractivity contribution >= 4 is 11.8 Å². The Morgan fingerprint density at radius 2 is 2.00 bits per heavy atom. The Morgan fingerprint density at radius 1 is 1.30 bits per heavy atom. The first kappa shape index (κ1) is 15.8. The lowest BCUT2D eigenvalue weighted by Crippen LogP contribution is -2.53. The van der Waals surface area contributed by atoms with Crippen molar-refractivity contribution in [2.24, 2.45) is 5.73 Å². The summed E-state index contributed by atoms with van der Waals surface area (Å²) < 4.78 is 0. The van der Waals surface area contributed by atoms with E-state index < -0.39 is 0 Å². The van der Waals surface area contributed by atoms with E-state index in [2.05, 4.69) is 54.3 Å². The summed E-state index contributed by atoms with van der Waals surface area (Å²) in [6.45, 7) is 6.34. The van der Waals surface area contributed by atoms with Gasteiger partial charge in [0.2, 0.25) is 0 Å². The average molecular weight is 293 g/mol. The Kier molecular flexibility index (Phi) is 5.90. The molecule has 1 aromatic carbocycles. The zero-order chi connectivity index (χ0) is 14.5. The van der Waals surface area contributed by atoms with E-state index in [0.717, 1.165) is 19.6 Å². The highest BCUT2D eigenvalue weighted by Crippen LogP contribution is 2.25. The van der Waals surface area contributed by atoms with Crippen molar-refractivity contribution in [3.63, 3.8) is 0 Å². The fraction of sp³-hybridized carbons (Fsp3) is 0.625. The van der Waals surface area contributed by atoms with Gasteiger partial charge in [-0.15, -0.1) is 11.8 Å². The van der Waals surface area contributed by atoms with E-state index in [0.29, 0.717) is 18.6 Å². The highest BCUT2D eigenvalue weighted by Gasteiger charge is 2.28. The third kappa shape index (κ3) is 3.55. The molecule has 0 aromatic heterocycles. The number of piperazine rings is 1. The molecule has 2 N–H and O–H groups in total. The predicted octanol–water partition coefficient (Wildman–Crippen LogP) is 2.43. The van der Waals surface area contributed by atoms with Gasteiger partial charge in [-0.2, -0.15) is 0 Å². The van der Waals surface area contributed by atoms with Gasteiger partial charge < -0.3 is 10.6 Å². The van der Waals surface area contributed by atoms with E-state index in [-0.39, 0.29) is 0 Å². The van der Waals surface area contributed by atoms with Crippen LogP contribution in [0.5, 0.6) is 0 Å². The molecule has 2 rings (SSSR count). The average Bonchev–Trinajstić information content (AvgIpc) is 2.50. The van der Waals surface area contributed by atoms with Gasteiger partial charge in [0.15, 0.2) is 0 Å². The van der Waals surface area contributed by atoms with Crippen molar-refractivity contribution in [3.8, 4) is 0 Å². The van der Waals surface area contributed by atoms with Gasteiger partial charge in [-0.1, -0.05) is 19.1 Å². The third-order valence-corrected chi connectivity index (χ3v) is 5.19. The van der Waals surface area contributed by atoms with Crippen LogP contribution in [0.2, 0.25) is 0 Å². The molecule has 1 heterocycles. The number of thioether (sulfide) groups is 1. The maximum atomic E-state index is 6.07. The number of nitrogens with zero attached hydrogens (tertiary/aromatic N) is 2. The number of rotatable bonds is 5. The van der Waals surface area contributed by atoms with Gasteiger partial charge in [-0.05, 0) is 37.4 Å². The lowest BCUT2D eigenvalue weighted by Gasteiger charge is -2.42. The maximum Gasteiger partial charge on any atom is 0.0471 e. The molecule has 2 atom stereocenters. The van der Waals surface area contributed by atoms with Crippen molar-refractivity contribution in [2.75, 3.05) is 39.5 Å². The summed E-state index contributed by atoms with van der Waals surface area (Å²) >= 11 is 1.79. The normalized spacial score (nSPS) is 22.9. The molecule has 1 fully saturated rings. The van der Waals surface area contributed by atoms with Crippen LogP contribution in [0.25, 0.3) is 0 Å². The molecule has 0 saturated carbocycles. The molecule has 0 aliphatic carbocycles. The largest absolute Gasteiger partial charge is 0.329 e. The molecule has 4 heteroatoms. The molecular weight excluding hydrogens is 266 g/mol. The maximum absolute atomic E-state index is 6.07. The fourth-order valence-corrected chi connectivity index (χ4v) is 3.42. The fourth-order valence-electron chi connectivity index (χ4n) is 3.02. The van der Waals surface area contributed by atoms with Crippen LogP contribution in [-0.4, -0.2) is 55.3 Å².